The first-order valence-electron chi connectivity index (χ1n) is 7.56. The number of carbonyl (C=O) groups excluding carboxylic acids is 1. The number of pyridine rings is 1. The zero-order valence-electron chi connectivity index (χ0n) is 13.0. The minimum Gasteiger partial charge on any atom is -0.332 e. The zero-order chi connectivity index (χ0) is 16.6. The first-order chi connectivity index (χ1) is 11.0. The van der Waals surface area contributed by atoms with Crippen molar-refractivity contribution in [2.75, 3.05) is 0 Å². The lowest BCUT2D eigenvalue weighted by Gasteiger charge is -2.22. The molecule has 118 valence electrons. The number of amides is 1. The lowest BCUT2D eigenvalue weighted by atomic mass is 10.1. The number of nitrogens with zero attached hydrogens (tertiary/aromatic N) is 3. The Balaban J connectivity index is 1.96. The maximum absolute atomic E-state index is 12.4. The maximum atomic E-state index is 12.4. The molecule has 1 atom stereocenters. The van der Waals surface area contributed by atoms with Crippen LogP contribution in [0.5, 0.6) is 0 Å². The molecule has 0 spiro atoms. The molecule has 3 rings (SSSR count). The van der Waals surface area contributed by atoms with Crippen LogP contribution < -0.4 is 0 Å². The van der Waals surface area contributed by atoms with E-state index in [1.54, 1.807) is 18.3 Å². The Labute approximate surface area is 133 Å². The van der Waals surface area contributed by atoms with Gasteiger partial charge in [-0.1, -0.05) is 19.1 Å². The summed E-state index contributed by atoms with van der Waals surface area (Å²) in [4.78, 5) is 29.0. The third-order valence-corrected chi connectivity index (χ3v) is 4.30. The first-order valence-corrected chi connectivity index (χ1v) is 7.56. The number of rotatable bonds is 4. The molecule has 6 heteroatoms. The summed E-state index contributed by atoms with van der Waals surface area (Å²) in [7, 11) is 0. The summed E-state index contributed by atoms with van der Waals surface area (Å²) >= 11 is 0. The van der Waals surface area contributed by atoms with Gasteiger partial charge in [0.15, 0.2) is 0 Å². The number of non-ortho nitro benzene ring substituents is 1. The SMILES string of the molecule is CCC(C)N1Cc2cc(-c3cccc([N+](=O)[O-])c3)ncc2C1=O. The molecular formula is C17H17N3O3. The summed E-state index contributed by atoms with van der Waals surface area (Å²) in [6.07, 6.45) is 2.47. The van der Waals surface area contributed by atoms with Crippen molar-refractivity contribution in [3.8, 4) is 11.3 Å². The normalized spacial score (nSPS) is 14.7. The number of fused-ring (bicyclic) bond motifs is 1. The Morgan fingerprint density at radius 2 is 2.17 bits per heavy atom. The van der Waals surface area contributed by atoms with Crippen LogP contribution in [0, 0.1) is 10.1 Å². The summed E-state index contributed by atoms with van der Waals surface area (Å²) < 4.78 is 0. The fraction of sp³-hybridized carbons (Fsp3) is 0.294. The monoisotopic (exact) mass is 311 g/mol. The van der Waals surface area contributed by atoms with Crippen molar-refractivity contribution in [2.45, 2.75) is 32.9 Å². The molecule has 1 aromatic carbocycles. The van der Waals surface area contributed by atoms with E-state index in [1.165, 1.54) is 12.1 Å². The van der Waals surface area contributed by atoms with Gasteiger partial charge >= 0.3 is 0 Å². The van der Waals surface area contributed by atoms with Crippen molar-refractivity contribution in [3.05, 3.63) is 57.8 Å². The van der Waals surface area contributed by atoms with Crippen molar-refractivity contribution in [3.63, 3.8) is 0 Å². The van der Waals surface area contributed by atoms with Gasteiger partial charge in [0.1, 0.15) is 0 Å². The smallest absolute Gasteiger partial charge is 0.270 e. The van der Waals surface area contributed by atoms with Gasteiger partial charge in [-0.15, -0.1) is 0 Å². The summed E-state index contributed by atoms with van der Waals surface area (Å²) in [5.41, 5.74) is 2.90. The molecule has 0 bridgehead atoms. The number of hydrogen-bond donors (Lipinski definition) is 0. The highest BCUT2D eigenvalue weighted by Gasteiger charge is 2.30. The van der Waals surface area contributed by atoms with Gasteiger partial charge in [0.2, 0.25) is 0 Å². The fourth-order valence-corrected chi connectivity index (χ4v) is 2.74. The minimum atomic E-state index is -0.426. The van der Waals surface area contributed by atoms with Crippen LogP contribution in [0.3, 0.4) is 0 Å². The predicted octanol–water partition coefficient (Wildman–Crippen LogP) is 3.41. The largest absolute Gasteiger partial charge is 0.332 e. The van der Waals surface area contributed by atoms with Gasteiger partial charge in [0.25, 0.3) is 11.6 Å². The second-order valence-electron chi connectivity index (χ2n) is 5.72. The van der Waals surface area contributed by atoms with E-state index in [1.807, 2.05) is 24.8 Å². The van der Waals surface area contributed by atoms with Gasteiger partial charge in [-0.05, 0) is 25.0 Å². The van der Waals surface area contributed by atoms with Gasteiger partial charge in [-0.25, -0.2) is 0 Å². The Morgan fingerprint density at radius 1 is 1.39 bits per heavy atom. The topological polar surface area (TPSA) is 76.3 Å². The zero-order valence-corrected chi connectivity index (χ0v) is 13.0. The molecule has 1 amide bonds. The number of aromatic nitrogens is 1. The number of hydrogen-bond acceptors (Lipinski definition) is 4. The van der Waals surface area contributed by atoms with Crippen molar-refractivity contribution in [1.29, 1.82) is 0 Å². The predicted molar refractivity (Wildman–Crippen MR) is 86.0 cm³/mol. The van der Waals surface area contributed by atoms with Crippen LogP contribution in [-0.4, -0.2) is 26.8 Å². The molecule has 1 aliphatic rings. The van der Waals surface area contributed by atoms with E-state index in [0.29, 0.717) is 23.4 Å². The summed E-state index contributed by atoms with van der Waals surface area (Å²) in [6, 6.07) is 8.40. The molecule has 0 N–H and O–H groups in total. The van der Waals surface area contributed by atoms with Crippen LogP contribution in [-0.2, 0) is 6.54 Å². The molecular weight excluding hydrogens is 294 g/mol. The number of nitro groups is 1. The van der Waals surface area contributed by atoms with Crippen LogP contribution in [0.4, 0.5) is 5.69 Å². The van der Waals surface area contributed by atoms with Gasteiger partial charge in [0.05, 0.1) is 16.2 Å². The van der Waals surface area contributed by atoms with Crippen LogP contribution >= 0.6 is 0 Å². The highest BCUT2D eigenvalue weighted by atomic mass is 16.6. The van der Waals surface area contributed by atoms with Crippen LogP contribution in [0.1, 0.15) is 36.2 Å². The van der Waals surface area contributed by atoms with E-state index >= 15 is 0 Å². The molecule has 23 heavy (non-hydrogen) atoms. The molecule has 0 saturated heterocycles. The third kappa shape index (κ3) is 2.67. The van der Waals surface area contributed by atoms with Gasteiger partial charge in [-0.2, -0.15) is 0 Å². The molecule has 1 aliphatic heterocycles. The van der Waals surface area contributed by atoms with Crippen LogP contribution in [0.25, 0.3) is 11.3 Å². The lowest BCUT2D eigenvalue weighted by molar-refractivity contribution is -0.384. The van der Waals surface area contributed by atoms with E-state index in [9.17, 15) is 14.9 Å². The van der Waals surface area contributed by atoms with Crippen molar-refractivity contribution in [2.24, 2.45) is 0 Å². The minimum absolute atomic E-state index is 0.00689. The Hall–Kier alpha value is -2.76. The highest BCUT2D eigenvalue weighted by molar-refractivity contribution is 5.98. The van der Waals surface area contributed by atoms with E-state index < -0.39 is 4.92 Å². The average Bonchev–Trinajstić information content (AvgIpc) is 2.90. The molecule has 0 aliphatic carbocycles. The second-order valence-corrected chi connectivity index (χ2v) is 5.72. The van der Waals surface area contributed by atoms with Crippen LogP contribution in [0.2, 0.25) is 0 Å². The second kappa shape index (κ2) is 5.79. The Bertz CT molecular complexity index is 788. The molecule has 1 unspecified atom stereocenters. The average molecular weight is 311 g/mol. The maximum Gasteiger partial charge on any atom is 0.270 e. The summed E-state index contributed by atoms with van der Waals surface area (Å²) in [5, 5.41) is 10.9. The lowest BCUT2D eigenvalue weighted by Crippen LogP contribution is -2.32. The van der Waals surface area contributed by atoms with Gasteiger partial charge in [0, 0.05) is 36.5 Å². The fourth-order valence-electron chi connectivity index (χ4n) is 2.74. The number of benzene rings is 1. The van der Waals surface area contributed by atoms with Gasteiger partial charge < -0.3 is 4.90 Å². The van der Waals surface area contributed by atoms with Crippen molar-refractivity contribution in [1.82, 2.24) is 9.88 Å². The first kappa shape index (κ1) is 15.1. The van der Waals surface area contributed by atoms with E-state index in [-0.39, 0.29) is 17.6 Å². The van der Waals surface area contributed by atoms with E-state index in [4.69, 9.17) is 0 Å². The van der Waals surface area contributed by atoms with Crippen LogP contribution in [0.15, 0.2) is 36.5 Å². The Morgan fingerprint density at radius 3 is 2.87 bits per heavy atom. The summed E-state index contributed by atoms with van der Waals surface area (Å²) in [5.74, 6) is 0.00689. The number of carbonyl (C=O) groups is 1. The summed E-state index contributed by atoms with van der Waals surface area (Å²) in [6.45, 7) is 4.64. The van der Waals surface area contributed by atoms with E-state index in [0.717, 1.165) is 12.0 Å². The quantitative estimate of drug-likeness (QED) is 0.640. The molecule has 2 heterocycles. The van der Waals surface area contributed by atoms with Crippen molar-refractivity contribution < 1.29 is 9.72 Å². The standard InChI is InChI=1S/C17H17N3O3/c1-3-11(2)19-10-13-8-16(18-9-15(13)17(19)21)12-5-4-6-14(7-12)20(22)23/h4-9,11H,3,10H2,1-2H3. The molecule has 0 fully saturated rings. The number of nitro benzene ring substituents is 1. The Kier molecular flexibility index (Phi) is 3.82. The van der Waals surface area contributed by atoms with Gasteiger partial charge in [-0.3, -0.25) is 19.9 Å². The van der Waals surface area contributed by atoms with E-state index in [2.05, 4.69) is 4.98 Å². The third-order valence-electron chi connectivity index (χ3n) is 4.30. The van der Waals surface area contributed by atoms with Crippen molar-refractivity contribution >= 4 is 11.6 Å². The molecule has 2 aromatic rings. The molecule has 0 saturated carbocycles. The molecule has 6 nitrogen and oxygen atoms in total. The molecule has 0 radical (unpaired) electrons. The highest BCUT2D eigenvalue weighted by Crippen LogP contribution is 2.29. The molecule has 1 aromatic heterocycles.